The Balaban J connectivity index is 1.46. The molecular weight excluding hydrogens is 344 g/mol. The van der Waals surface area contributed by atoms with Gasteiger partial charge in [-0.15, -0.1) is 11.3 Å². The zero-order chi connectivity index (χ0) is 17.9. The van der Waals surface area contributed by atoms with Crippen LogP contribution in [0.4, 0.5) is 5.82 Å². The maximum absolute atomic E-state index is 12.8. The Labute approximate surface area is 157 Å². The number of thiophene rings is 1. The molecule has 0 bridgehead atoms. The van der Waals surface area contributed by atoms with E-state index in [1.807, 2.05) is 31.3 Å². The van der Waals surface area contributed by atoms with Gasteiger partial charge in [0.05, 0.1) is 12.0 Å². The van der Waals surface area contributed by atoms with E-state index in [9.17, 15) is 4.79 Å². The zero-order valence-electron chi connectivity index (χ0n) is 14.8. The number of hydrogen-bond acceptors (Lipinski definition) is 5. The molecule has 1 aliphatic heterocycles. The van der Waals surface area contributed by atoms with Gasteiger partial charge in [0, 0.05) is 41.8 Å². The first-order chi connectivity index (χ1) is 12.7. The number of pyridine rings is 2. The summed E-state index contributed by atoms with van der Waals surface area (Å²) in [6.45, 7) is 3.67. The van der Waals surface area contributed by atoms with E-state index in [0.29, 0.717) is 6.54 Å². The van der Waals surface area contributed by atoms with Crippen LogP contribution in [0.5, 0.6) is 0 Å². The van der Waals surface area contributed by atoms with E-state index in [-0.39, 0.29) is 17.9 Å². The molecule has 1 amide bonds. The molecule has 26 heavy (non-hydrogen) atoms. The number of aromatic nitrogens is 2. The molecule has 2 atom stereocenters. The van der Waals surface area contributed by atoms with Crippen LogP contribution < -0.4 is 10.2 Å². The number of anilines is 1. The third-order valence-electron chi connectivity index (χ3n) is 4.99. The average Bonchev–Trinajstić information content (AvgIpc) is 3.17. The van der Waals surface area contributed by atoms with E-state index in [1.165, 1.54) is 10.1 Å². The Kier molecular flexibility index (Phi) is 4.84. The number of nitrogens with zero attached hydrogens (tertiary/aromatic N) is 3. The molecule has 1 aliphatic rings. The molecule has 3 aromatic rings. The summed E-state index contributed by atoms with van der Waals surface area (Å²) in [4.78, 5) is 23.8. The molecule has 1 N–H and O–H groups in total. The van der Waals surface area contributed by atoms with Crippen molar-refractivity contribution in [1.82, 2.24) is 15.3 Å². The lowest BCUT2D eigenvalue weighted by atomic mass is 9.96. The highest BCUT2D eigenvalue weighted by molar-refractivity contribution is 7.17. The summed E-state index contributed by atoms with van der Waals surface area (Å²) < 4.78 is 1.24. The maximum Gasteiger partial charge on any atom is 0.225 e. The van der Waals surface area contributed by atoms with Crippen LogP contribution >= 0.6 is 11.3 Å². The first kappa shape index (κ1) is 17.0. The van der Waals surface area contributed by atoms with Crippen molar-refractivity contribution >= 4 is 33.1 Å². The highest BCUT2D eigenvalue weighted by Crippen LogP contribution is 2.31. The average molecular weight is 366 g/mol. The Bertz CT molecular complexity index is 895. The molecule has 2 unspecified atom stereocenters. The lowest BCUT2D eigenvalue weighted by Crippen LogP contribution is -2.44. The number of nitrogens with one attached hydrogen (secondary N) is 1. The van der Waals surface area contributed by atoms with Crippen molar-refractivity contribution in [3.05, 3.63) is 53.8 Å². The number of rotatable bonds is 4. The lowest BCUT2D eigenvalue weighted by molar-refractivity contribution is -0.125. The first-order valence-electron chi connectivity index (χ1n) is 9.00. The molecule has 0 aliphatic carbocycles. The van der Waals surface area contributed by atoms with Crippen molar-refractivity contribution in [2.75, 3.05) is 18.0 Å². The Morgan fingerprint density at radius 3 is 3.12 bits per heavy atom. The minimum absolute atomic E-state index is 0.0152. The van der Waals surface area contributed by atoms with Crippen LogP contribution in [0.25, 0.3) is 10.1 Å². The molecule has 0 aromatic carbocycles. The predicted molar refractivity (Wildman–Crippen MR) is 105 cm³/mol. The topological polar surface area (TPSA) is 58.1 Å². The first-order valence-corrected chi connectivity index (χ1v) is 9.88. The SMILES string of the molecule is CC(NC(=O)C1CCCN(c2nccc3sccc23)C1)c1cccnc1. The number of fused-ring (bicyclic) bond motifs is 1. The predicted octanol–water partition coefficient (Wildman–Crippen LogP) is 3.79. The van der Waals surface area contributed by atoms with Crippen molar-refractivity contribution in [2.45, 2.75) is 25.8 Å². The number of carbonyl (C=O) groups is 1. The summed E-state index contributed by atoms with van der Waals surface area (Å²) in [7, 11) is 0. The summed E-state index contributed by atoms with van der Waals surface area (Å²) >= 11 is 1.73. The van der Waals surface area contributed by atoms with E-state index < -0.39 is 0 Å². The summed E-state index contributed by atoms with van der Waals surface area (Å²) in [5.74, 6) is 1.10. The molecule has 4 rings (SSSR count). The van der Waals surface area contributed by atoms with E-state index in [2.05, 4.69) is 31.6 Å². The Morgan fingerprint density at radius 1 is 1.35 bits per heavy atom. The molecule has 4 heterocycles. The minimum atomic E-state index is -0.0370. The van der Waals surface area contributed by atoms with E-state index >= 15 is 0 Å². The second kappa shape index (κ2) is 7.41. The largest absolute Gasteiger partial charge is 0.355 e. The fraction of sp³-hybridized carbons (Fsp3) is 0.350. The van der Waals surface area contributed by atoms with Gasteiger partial charge in [-0.25, -0.2) is 4.98 Å². The summed E-state index contributed by atoms with van der Waals surface area (Å²) in [5.41, 5.74) is 1.03. The lowest BCUT2D eigenvalue weighted by Gasteiger charge is -2.33. The van der Waals surface area contributed by atoms with Gasteiger partial charge in [0.2, 0.25) is 5.91 Å². The summed E-state index contributed by atoms with van der Waals surface area (Å²) in [5, 5.41) is 6.43. The van der Waals surface area contributed by atoms with Crippen LogP contribution in [0.1, 0.15) is 31.4 Å². The molecular formula is C20H22N4OS. The smallest absolute Gasteiger partial charge is 0.225 e. The number of amides is 1. The molecule has 0 radical (unpaired) electrons. The zero-order valence-corrected chi connectivity index (χ0v) is 15.6. The number of piperidine rings is 1. The van der Waals surface area contributed by atoms with Crippen LogP contribution in [0, 0.1) is 5.92 Å². The third-order valence-corrected chi connectivity index (χ3v) is 5.88. The van der Waals surface area contributed by atoms with Gasteiger partial charge in [0.25, 0.3) is 0 Å². The minimum Gasteiger partial charge on any atom is -0.355 e. The van der Waals surface area contributed by atoms with Crippen molar-refractivity contribution in [2.24, 2.45) is 5.92 Å². The molecule has 134 valence electrons. The molecule has 6 heteroatoms. The molecule has 0 saturated carbocycles. The van der Waals surface area contributed by atoms with Gasteiger partial charge in [0.15, 0.2) is 0 Å². The van der Waals surface area contributed by atoms with Gasteiger partial charge >= 0.3 is 0 Å². The van der Waals surface area contributed by atoms with Gasteiger partial charge in [-0.1, -0.05) is 6.07 Å². The van der Waals surface area contributed by atoms with Crippen molar-refractivity contribution in [1.29, 1.82) is 0 Å². The van der Waals surface area contributed by atoms with Gasteiger partial charge in [0.1, 0.15) is 5.82 Å². The van der Waals surface area contributed by atoms with Gasteiger partial charge in [-0.2, -0.15) is 0 Å². The monoisotopic (exact) mass is 366 g/mol. The van der Waals surface area contributed by atoms with Crippen molar-refractivity contribution in [3.63, 3.8) is 0 Å². The quantitative estimate of drug-likeness (QED) is 0.763. The van der Waals surface area contributed by atoms with Gasteiger partial charge in [-0.3, -0.25) is 9.78 Å². The normalized spacial score (nSPS) is 18.7. The number of carbonyl (C=O) groups excluding carboxylic acids is 1. The summed E-state index contributed by atoms with van der Waals surface area (Å²) in [6.07, 6.45) is 7.33. The summed E-state index contributed by atoms with van der Waals surface area (Å²) in [6, 6.07) is 8.02. The standard InChI is InChI=1S/C20H22N4OS/c1-14(15-4-2-8-21-12-15)23-20(25)16-5-3-10-24(13-16)19-17-7-11-26-18(17)6-9-22-19/h2,4,6-9,11-12,14,16H,3,5,10,13H2,1H3,(H,23,25). The fourth-order valence-electron chi connectivity index (χ4n) is 3.56. The molecule has 1 saturated heterocycles. The Morgan fingerprint density at radius 2 is 2.27 bits per heavy atom. The van der Waals surface area contributed by atoms with Crippen LogP contribution in [0.15, 0.2) is 48.2 Å². The van der Waals surface area contributed by atoms with Crippen LogP contribution in [0.2, 0.25) is 0 Å². The molecule has 3 aromatic heterocycles. The van der Waals surface area contributed by atoms with Crippen LogP contribution in [-0.2, 0) is 4.79 Å². The highest BCUT2D eigenvalue weighted by atomic mass is 32.1. The van der Waals surface area contributed by atoms with Crippen LogP contribution in [0.3, 0.4) is 0 Å². The van der Waals surface area contributed by atoms with Crippen molar-refractivity contribution in [3.8, 4) is 0 Å². The van der Waals surface area contributed by atoms with Gasteiger partial charge in [-0.05, 0) is 48.9 Å². The number of hydrogen-bond donors (Lipinski definition) is 1. The molecule has 0 spiro atoms. The van der Waals surface area contributed by atoms with E-state index in [1.54, 1.807) is 23.7 Å². The maximum atomic E-state index is 12.8. The fourth-order valence-corrected chi connectivity index (χ4v) is 4.34. The Hall–Kier alpha value is -2.47. The molecule has 1 fully saturated rings. The van der Waals surface area contributed by atoms with Crippen LogP contribution in [-0.4, -0.2) is 29.0 Å². The third kappa shape index (κ3) is 3.42. The van der Waals surface area contributed by atoms with Gasteiger partial charge < -0.3 is 10.2 Å². The second-order valence-electron chi connectivity index (χ2n) is 6.77. The molecule has 5 nitrogen and oxygen atoms in total. The highest BCUT2D eigenvalue weighted by Gasteiger charge is 2.28. The van der Waals surface area contributed by atoms with Crippen molar-refractivity contribution < 1.29 is 4.79 Å². The van der Waals surface area contributed by atoms with E-state index in [4.69, 9.17) is 0 Å². The van der Waals surface area contributed by atoms with E-state index in [0.717, 1.165) is 30.8 Å². The second-order valence-corrected chi connectivity index (χ2v) is 7.72.